The Labute approximate surface area is 106 Å². The lowest BCUT2D eigenvalue weighted by molar-refractivity contribution is 0.119. The summed E-state index contributed by atoms with van der Waals surface area (Å²) < 4.78 is 16.0. The van der Waals surface area contributed by atoms with Gasteiger partial charge in [-0.2, -0.15) is 0 Å². The van der Waals surface area contributed by atoms with E-state index in [1.807, 2.05) is 12.1 Å². The van der Waals surface area contributed by atoms with E-state index in [-0.39, 0.29) is 6.61 Å². The van der Waals surface area contributed by atoms with E-state index in [0.717, 1.165) is 5.56 Å². The van der Waals surface area contributed by atoms with Crippen LogP contribution in [0.5, 0.6) is 5.75 Å². The largest absolute Gasteiger partial charge is 0.491 e. The maximum absolute atomic E-state index is 10.7. The predicted molar refractivity (Wildman–Crippen MR) is 68.8 cm³/mol. The molecule has 5 nitrogen and oxygen atoms in total. The molecule has 1 atom stereocenters. The molecular formula is C12H17O5P. The van der Waals surface area contributed by atoms with Crippen molar-refractivity contribution in [2.45, 2.75) is 12.5 Å². The topological polar surface area (TPSA) is 87.0 Å². The molecule has 3 N–H and O–H groups in total. The second kappa shape index (κ2) is 6.71. The summed E-state index contributed by atoms with van der Waals surface area (Å²) >= 11 is 0. The minimum Gasteiger partial charge on any atom is -0.491 e. The fourth-order valence-electron chi connectivity index (χ4n) is 1.48. The van der Waals surface area contributed by atoms with Gasteiger partial charge in [0.15, 0.2) is 0 Å². The highest BCUT2D eigenvalue weighted by Gasteiger charge is 2.20. The van der Waals surface area contributed by atoms with E-state index in [9.17, 15) is 9.67 Å². The Morgan fingerprint density at radius 1 is 1.39 bits per heavy atom. The highest BCUT2D eigenvalue weighted by molar-refractivity contribution is 7.51. The van der Waals surface area contributed by atoms with Crippen molar-refractivity contribution in [3.8, 4) is 5.75 Å². The van der Waals surface area contributed by atoms with Gasteiger partial charge >= 0.3 is 7.60 Å². The molecule has 0 aliphatic heterocycles. The minimum absolute atomic E-state index is 0.154. The third kappa shape index (κ3) is 5.47. The van der Waals surface area contributed by atoms with Crippen LogP contribution in [-0.2, 0) is 11.0 Å². The first-order valence-corrected chi connectivity index (χ1v) is 7.26. The van der Waals surface area contributed by atoms with Crippen molar-refractivity contribution >= 4 is 7.60 Å². The van der Waals surface area contributed by atoms with Crippen LogP contribution in [0.15, 0.2) is 36.9 Å². The molecule has 0 aliphatic carbocycles. The van der Waals surface area contributed by atoms with Gasteiger partial charge in [-0.1, -0.05) is 24.3 Å². The molecule has 0 amide bonds. The molecule has 0 radical (unpaired) electrons. The summed E-state index contributed by atoms with van der Waals surface area (Å²) in [6, 6.07) is 7.25. The van der Waals surface area contributed by atoms with Crippen LogP contribution in [0.4, 0.5) is 0 Å². The van der Waals surface area contributed by atoms with Crippen molar-refractivity contribution in [2.75, 3.05) is 12.8 Å². The zero-order valence-corrected chi connectivity index (χ0v) is 10.8. The van der Waals surface area contributed by atoms with Crippen molar-refractivity contribution < 1.29 is 24.2 Å². The van der Waals surface area contributed by atoms with Gasteiger partial charge in [-0.05, 0) is 18.1 Å². The maximum Gasteiger partial charge on any atom is 0.328 e. The van der Waals surface area contributed by atoms with Crippen LogP contribution >= 0.6 is 7.60 Å². The molecule has 0 saturated carbocycles. The van der Waals surface area contributed by atoms with Gasteiger partial charge in [0.05, 0.1) is 12.3 Å². The number of aliphatic hydroxyl groups excluding tert-OH is 1. The summed E-state index contributed by atoms with van der Waals surface area (Å²) in [6.07, 6.45) is 0.568. The maximum atomic E-state index is 10.7. The van der Waals surface area contributed by atoms with Gasteiger partial charge in [0.2, 0.25) is 0 Å². The second-order valence-electron chi connectivity index (χ2n) is 3.91. The van der Waals surface area contributed by atoms with E-state index in [2.05, 4.69) is 6.58 Å². The number of hydrogen-bond donors (Lipinski definition) is 3. The molecule has 0 spiro atoms. The Balaban J connectivity index is 2.57. The Morgan fingerprint density at radius 3 is 2.67 bits per heavy atom. The average molecular weight is 272 g/mol. The van der Waals surface area contributed by atoms with Gasteiger partial charge in [-0.25, -0.2) is 0 Å². The molecule has 0 bridgehead atoms. The third-order valence-corrected chi connectivity index (χ3v) is 3.11. The van der Waals surface area contributed by atoms with E-state index in [1.165, 1.54) is 0 Å². The van der Waals surface area contributed by atoms with Crippen LogP contribution in [0.1, 0.15) is 5.56 Å². The number of ether oxygens (including phenoxy) is 1. The lowest BCUT2D eigenvalue weighted by Gasteiger charge is -2.14. The van der Waals surface area contributed by atoms with Crippen molar-refractivity contribution in [2.24, 2.45) is 0 Å². The minimum atomic E-state index is -4.21. The first-order valence-electron chi connectivity index (χ1n) is 5.46. The Kier molecular flexibility index (Phi) is 5.56. The Morgan fingerprint density at radius 2 is 2.06 bits per heavy atom. The summed E-state index contributed by atoms with van der Waals surface area (Å²) in [5, 5.41) is 9.43. The van der Waals surface area contributed by atoms with Crippen LogP contribution in [0.2, 0.25) is 0 Å². The lowest BCUT2D eigenvalue weighted by Crippen LogP contribution is -2.22. The molecule has 100 valence electrons. The molecular weight excluding hydrogens is 255 g/mol. The van der Waals surface area contributed by atoms with Crippen molar-refractivity contribution in [1.82, 2.24) is 0 Å². The van der Waals surface area contributed by atoms with Gasteiger partial charge in [-0.3, -0.25) is 4.57 Å². The molecule has 1 unspecified atom stereocenters. The van der Waals surface area contributed by atoms with Gasteiger partial charge < -0.3 is 19.6 Å². The van der Waals surface area contributed by atoms with Crippen molar-refractivity contribution in [3.05, 3.63) is 42.5 Å². The summed E-state index contributed by atoms with van der Waals surface area (Å²) in [6.45, 7) is 3.48. The molecule has 1 aromatic carbocycles. The molecule has 0 aliphatic rings. The number of benzene rings is 1. The summed E-state index contributed by atoms with van der Waals surface area (Å²) in [4.78, 5) is 17.4. The van der Waals surface area contributed by atoms with Gasteiger partial charge in [0.1, 0.15) is 12.4 Å². The smallest absolute Gasteiger partial charge is 0.328 e. The fourth-order valence-corrected chi connectivity index (χ4v) is 2.14. The van der Waals surface area contributed by atoms with Gasteiger partial charge in [-0.15, -0.1) is 6.58 Å². The number of para-hydroxylation sites is 1. The van der Waals surface area contributed by atoms with E-state index < -0.39 is 19.9 Å². The molecule has 0 aromatic heterocycles. The summed E-state index contributed by atoms with van der Waals surface area (Å²) in [5.74, 6) is 0.585. The van der Waals surface area contributed by atoms with Crippen LogP contribution < -0.4 is 4.74 Å². The first kappa shape index (κ1) is 14.9. The zero-order chi connectivity index (χ0) is 13.6. The normalized spacial score (nSPS) is 13.1. The molecule has 1 rings (SSSR count). The predicted octanol–water partition coefficient (Wildman–Crippen LogP) is 1.33. The molecule has 0 saturated heterocycles. The van der Waals surface area contributed by atoms with Gasteiger partial charge in [0, 0.05) is 0 Å². The number of rotatable bonds is 7. The van der Waals surface area contributed by atoms with Crippen molar-refractivity contribution in [1.29, 1.82) is 0 Å². The van der Waals surface area contributed by atoms with E-state index >= 15 is 0 Å². The SMILES string of the molecule is C=CCc1ccccc1OCC(O)CP(=O)(O)O. The first-order chi connectivity index (χ1) is 8.42. The van der Waals surface area contributed by atoms with E-state index in [4.69, 9.17) is 14.5 Å². The zero-order valence-electron chi connectivity index (χ0n) is 9.90. The third-order valence-electron chi connectivity index (χ3n) is 2.22. The highest BCUT2D eigenvalue weighted by atomic mass is 31.2. The average Bonchev–Trinajstić information content (AvgIpc) is 2.26. The Hall–Kier alpha value is -1.13. The molecule has 0 fully saturated rings. The molecule has 6 heteroatoms. The fraction of sp³-hybridized carbons (Fsp3) is 0.333. The van der Waals surface area contributed by atoms with Crippen LogP contribution in [0.3, 0.4) is 0 Å². The van der Waals surface area contributed by atoms with Crippen LogP contribution in [0.25, 0.3) is 0 Å². The standard InChI is InChI=1S/C12H17O5P/c1-2-5-10-6-3-4-7-12(10)17-8-11(13)9-18(14,15)16/h2-4,6-7,11,13H,1,5,8-9H2,(H2,14,15,16). The highest BCUT2D eigenvalue weighted by Crippen LogP contribution is 2.35. The number of aliphatic hydroxyl groups is 1. The number of hydrogen-bond acceptors (Lipinski definition) is 3. The summed E-state index contributed by atoms with van der Waals surface area (Å²) in [5.41, 5.74) is 0.913. The second-order valence-corrected chi connectivity index (χ2v) is 5.61. The Bertz CT molecular complexity index is 440. The monoisotopic (exact) mass is 272 g/mol. The number of allylic oxidation sites excluding steroid dienone is 1. The van der Waals surface area contributed by atoms with Crippen LogP contribution in [0, 0.1) is 0 Å². The van der Waals surface area contributed by atoms with E-state index in [1.54, 1.807) is 18.2 Å². The lowest BCUT2D eigenvalue weighted by atomic mass is 10.1. The summed E-state index contributed by atoms with van der Waals surface area (Å²) in [7, 11) is -4.21. The van der Waals surface area contributed by atoms with Gasteiger partial charge in [0.25, 0.3) is 0 Å². The van der Waals surface area contributed by atoms with Crippen LogP contribution in [-0.4, -0.2) is 33.8 Å². The molecule has 1 aromatic rings. The molecule has 0 heterocycles. The van der Waals surface area contributed by atoms with E-state index in [0.29, 0.717) is 12.2 Å². The van der Waals surface area contributed by atoms with Crippen molar-refractivity contribution in [3.63, 3.8) is 0 Å². The molecule has 18 heavy (non-hydrogen) atoms. The quantitative estimate of drug-likeness (QED) is 0.515.